The van der Waals surface area contributed by atoms with Crippen LogP contribution in [0.2, 0.25) is 0 Å². The van der Waals surface area contributed by atoms with Gasteiger partial charge in [-0.25, -0.2) is 14.8 Å². The summed E-state index contributed by atoms with van der Waals surface area (Å²) in [6.45, 7) is 3.72. The van der Waals surface area contributed by atoms with Crippen LogP contribution >= 0.6 is 0 Å². The Labute approximate surface area is 99.3 Å². The van der Waals surface area contributed by atoms with Crippen molar-refractivity contribution in [2.45, 2.75) is 13.8 Å². The maximum Gasteiger partial charge on any atom is 0.346 e. The minimum atomic E-state index is -0.438. The predicted octanol–water partition coefficient (Wildman–Crippen LogP) is 2.31. The van der Waals surface area contributed by atoms with Gasteiger partial charge in [0.05, 0.1) is 5.56 Å². The Morgan fingerprint density at radius 3 is 2.41 bits per heavy atom. The Kier molecular flexibility index (Phi) is 3.14. The van der Waals surface area contributed by atoms with Gasteiger partial charge < -0.3 is 4.74 Å². The fourth-order valence-electron chi connectivity index (χ4n) is 1.37. The highest BCUT2D eigenvalue weighted by molar-refractivity contribution is 5.92. The molecule has 0 spiro atoms. The molecule has 1 heterocycles. The molecule has 0 N–H and O–H groups in total. The zero-order valence-corrected chi connectivity index (χ0v) is 9.68. The average molecular weight is 228 g/mol. The summed E-state index contributed by atoms with van der Waals surface area (Å²) in [5.74, 6) is -0.438. The molecule has 1 aromatic heterocycles. The molecule has 0 saturated heterocycles. The molecular formula is C13H12N2O2. The summed E-state index contributed by atoms with van der Waals surface area (Å²) in [6, 6.07) is 7.30. The predicted molar refractivity (Wildman–Crippen MR) is 62.9 cm³/mol. The molecule has 0 aliphatic rings. The minimum Gasteiger partial charge on any atom is -0.387 e. The molecule has 0 radical (unpaired) electrons. The Morgan fingerprint density at radius 1 is 1.12 bits per heavy atom. The van der Waals surface area contributed by atoms with Gasteiger partial charge in [-0.3, -0.25) is 0 Å². The molecule has 2 aromatic rings. The number of hydrogen-bond acceptors (Lipinski definition) is 4. The van der Waals surface area contributed by atoms with E-state index in [1.165, 1.54) is 0 Å². The second kappa shape index (κ2) is 4.74. The van der Waals surface area contributed by atoms with Gasteiger partial charge in [-0.15, -0.1) is 0 Å². The van der Waals surface area contributed by atoms with Crippen LogP contribution in [0, 0.1) is 13.8 Å². The summed E-state index contributed by atoms with van der Waals surface area (Å²) in [5, 5.41) is 0. The third kappa shape index (κ3) is 2.66. The first kappa shape index (κ1) is 11.3. The van der Waals surface area contributed by atoms with E-state index in [9.17, 15) is 4.79 Å². The van der Waals surface area contributed by atoms with Crippen LogP contribution in [0.1, 0.15) is 21.5 Å². The number of benzene rings is 1. The second-order valence-corrected chi connectivity index (χ2v) is 3.75. The number of ether oxygens (including phenoxy) is 1. The van der Waals surface area contributed by atoms with Gasteiger partial charge in [0.1, 0.15) is 0 Å². The van der Waals surface area contributed by atoms with Gasteiger partial charge >= 0.3 is 12.0 Å². The van der Waals surface area contributed by atoms with Crippen molar-refractivity contribution in [1.82, 2.24) is 9.97 Å². The first-order valence-corrected chi connectivity index (χ1v) is 5.23. The maximum atomic E-state index is 11.8. The first-order valence-electron chi connectivity index (χ1n) is 5.23. The fourth-order valence-corrected chi connectivity index (χ4v) is 1.37. The molecule has 2 rings (SSSR count). The smallest absolute Gasteiger partial charge is 0.346 e. The van der Waals surface area contributed by atoms with Crippen LogP contribution in [-0.2, 0) is 0 Å². The largest absolute Gasteiger partial charge is 0.387 e. The number of carbonyl (C=O) groups excluding carboxylic acids is 1. The molecule has 0 aliphatic heterocycles. The number of aryl methyl sites for hydroxylation is 2. The lowest BCUT2D eigenvalue weighted by atomic mass is 10.1. The third-order valence-corrected chi connectivity index (χ3v) is 2.31. The summed E-state index contributed by atoms with van der Waals surface area (Å²) in [6.07, 6.45) is 3.21. The van der Waals surface area contributed by atoms with Gasteiger partial charge in [0.2, 0.25) is 0 Å². The number of carbonyl (C=O) groups is 1. The van der Waals surface area contributed by atoms with Crippen molar-refractivity contribution in [3.05, 3.63) is 53.3 Å². The number of hydrogen-bond donors (Lipinski definition) is 0. The molecule has 0 amide bonds. The van der Waals surface area contributed by atoms with Gasteiger partial charge in [0, 0.05) is 12.4 Å². The number of esters is 1. The lowest BCUT2D eigenvalue weighted by molar-refractivity contribution is 0.0718. The SMILES string of the molecule is Cc1cnc(OC(=O)c2ccccc2C)nc1. The zero-order valence-electron chi connectivity index (χ0n) is 9.68. The quantitative estimate of drug-likeness (QED) is 0.740. The van der Waals surface area contributed by atoms with Gasteiger partial charge in [0.25, 0.3) is 0 Å². The Morgan fingerprint density at radius 2 is 1.76 bits per heavy atom. The lowest BCUT2D eigenvalue weighted by Crippen LogP contribution is -2.11. The lowest BCUT2D eigenvalue weighted by Gasteiger charge is -2.04. The summed E-state index contributed by atoms with van der Waals surface area (Å²) in [4.78, 5) is 19.7. The molecule has 0 atom stereocenters. The highest BCUT2D eigenvalue weighted by Gasteiger charge is 2.11. The molecule has 17 heavy (non-hydrogen) atoms. The molecule has 0 fully saturated rings. The highest BCUT2D eigenvalue weighted by Crippen LogP contribution is 2.10. The van der Waals surface area contributed by atoms with Crippen LogP contribution in [0.15, 0.2) is 36.7 Å². The maximum absolute atomic E-state index is 11.8. The molecule has 0 unspecified atom stereocenters. The second-order valence-electron chi connectivity index (χ2n) is 3.75. The van der Waals surface area contributed by atoms with Crippen LogP contribution in [-0.4, -0.2) is 15.9 Å². The summed E-state index contributed by atoms with van der Waals surface area (Å²) in [5.41, 5.74) is 2.31. The van der Waals surface area contributed by atoms with Crippen LogP contribution in [0.5, 0.6) is 6.01 Å². The topological polar surface area (TPSA) is 52.1 Å². The van der Waals surface area contributed by atoms with Gasteiger partial charge in [-0.05, 0) is 31.0 Å². The molecule has 0 saturated carbocycles. The summed E-state index contributed by atoms with van der Waals surface area (Å²) >= 11 is 0. The van der Waals surface area contributed by atoms with Crippen LogP contribution in [0.3, 0.4) is 0 Å². The van der Waals surface area contributed by atoms with Crippen LogP contribution < -0.4 is 4.74 Å². The number of rotatable bonds is 2. The van der Waals surface area contributed by atoms with Crippen molar-refractivity contribution in [3.63, 3.8) is 0 Å². The van der Waals surface area contributed by atoms with E-state index in [4.69, 9.17) is 4.74 Å². The first-order chi connectivity index (χ1) is 8.16. The van der Waals surface area contributed by atoms with Crippen molar-refractivity contribution in [2.75, 3.05) is 0 Å². The molecule has 0 aliphatic carbocycles. The van der Waals surface area contributed by atoms with E-state index in [0.29, 0.717) is 5.56 Å². The van der Waals surface area contributed by atoms with Crippen molar-refractivity contribution < 1.29 is 9.53 Å². The number of nitrogens with zero attached hydrogens (tertiary/aromatic N) is 2. The van der Waals surface area contributed by atoms with E-state index in [-0.39, 0.29) is 6.01 Å². The monoisotopic (exact) mass is 228 g/mol. The van der Waals surface area contributed by atoms with E-state index in [1.807, 2.05) is 26.0 Å². The molecular weight excluding hydrogens is 216 g/mol. The molecule has 4 nitrogen and oxygen atoms in total. The number of aromatic nitrogens is 2. The van der Waals surface area contributed by atoms with Crippen molar-refractivity contribution in [3.8, 4) is 6.01 Å². The van der Waals surface area contributed by atoms with Gasteiger partial charge in [-0.2, -0.15) is 0 Å². The zero-order chi connectivity index (χ0) is 12.3. The normalized spacial score (nSPS) is 10.0. The Hall–Kier alpha value is -2.23. The highest BCUT2D eigenvalue weighted by atomic mass is 16.5. The van der Waals surface area contributed by atoms with Crippen molar-refractivity contribution in [1.29, 1.82) is 0 Å². The average Bonchev–Trinajstić information content (AvgIpc) is 2.32. The van der Waals surface area contributed by atoms with Crippen molar-refractivity contribution in [2.24, 2.45) is 0 Å². The standard InChI is InChI=1S/C13H12N2O2/c1-9-7-14-13(15-8-9)17-12(16)11-6-4-3-5-10(11)2/h3-8H,1-2H3. The molecule has 4 heteroatoms. The molecule has 1 aromatic carbocycles. The molecule has 0 bridgehead atoms. The Bertz CT molecular complexity index is 535. The van der Waals surface area contributed by atoms with Gasteiger partial charge in [0.15, 0.2) is 0 Å². The van der Waals surface area contributed by atoms with Crippen LogP contribution in [0.25, 0.3) is 0 Å². The fraction of sp³-hybridized carbons (Fsp3) is 0.154. The van der Waals surface area contributed by atoms with Gasteiger partial charge in [-0.1, -0.05) is 18.2 Å². The van der Waals surface area contributed by atoms with Crippen molar-refractivity contribution >= 4 is 5.97 Å². The van der Waals surface area contributed by atoms with E-state index in [0.717, 1.165) is 11.1 Å². The van der Waals surface area contributed by atoms with E-state index in [2.05, 4.69) is 9.97 Å². The van der Waals surface area contributed by atoms with Crippen LogP contribution in [0.4, 0.5) is 0 Å². The summed E-state index contributed by atoms with van der Waals surface area (Å²) < 4.78 is 5.08. The summed E-state index contributed by atoms with van der Waals surface area (Å²) in [7, 11) is 0. The van der Waals surface area contributed by atoms with E-state index < -0.39 is 5.97 Å². The minimum absolute atomic E-state index is 0.0730. The molecule has 86 valence electrons. The Balaban J connectivity index is 2.17. The third-order valence-electron chi connectivity index (χ3n) is 2.31. The van der Waals surface area contributed by atoms with E-state index >= 15 is 0 Å². The van der Waals surface area contributed by atoms with E-state index in [1.54, 1.807) is 24.5 Å².